The molecule has 4 atom stereocenters. The number of aryl methyl sites for hydroxylation is 2. The first kappa shape index (κ1) is 28.2. The van der Waals surface area contributed by atoms with E-state index >= 15 is 0 Å². The van der Waals surface area contributed by atoms with Crippen molar-refractivity contribution in [3.63, 3.8) is 0 Å². The van der Waals surface area contributed by atoms with Gasteiger partial charge in [0, 0.05) is 11.8 Å². The minimum absolute atomic E-state index is 0.361. The van der Waals surface area contributed by atoms with Gasteiger partial charge >= 0.3 is 0 Å². The fourth-order valence-corrected chi connectivity index (χ4v) is 7.61. The Labute approximate surface area is 243 Å². The molecule has 206 valence electrons. The third-order valence-corrected chi connectivity index (χ3v) is 9.53. The van der Waals surface area contributed by atoms with E-state index in [0.717, 1.165) is 37.7 Å². The van der Waals surface area contributed by atoms with Crippen molar-refractivity contribution in [3.8, 4) is 0 Å². The summed E-state index contributed by atoms with van der Waals surface area (Å²) >= 11 is 0. The highest BCUT2D eigenvalue weighted by molar-refractivity contribution is 5.77. The highest BCUT2D eigenvalue weighted by Crippen LogP contribution is 2.57. The van der Waals surface area contributed by atoms with Crippen LogP contribution in [0.1, 0.15) is 87.1 Å². The molecule has 5 rings (SSSR count). The zero-order chi connectivity index (χ0) is 28.6. The first-order valence-corrected chi connectivity index (χ1v) is 15.3. The minimum Gasteiger partial charge on any atom is -0.0995 e. The van der Waals surface area contributed by atoms with Gasteiger partial charge in [0.2, 0.25) is 0 Å². The third-order valence-electron chi connectivity index (χ3n) is 9.53. The van der Waals surface area contributed by atoms with E-state index in [2.05, 4.69) is 115 Å². The summed E-state index contributed by atoms with van der Waals surface area (Å²) in [6.07, 6.45) is 15.0. The summed E-state index contributed by atoms with van der Waals surface area (Å²) in [6.45, 7) is 24.8. The van der Waals surface area contributed by atoms with E-state index in [9.17, 15) is 0 Å². The smallest absolute Gasteiger partial charge is 0.0123 e. The Bertz CT molecular complexity index is 1480. The highest BCUT2D eigenvalue weighted by atomic mass is 14.5. The summed E-state index contributed by atoms with van der Waals surface area (Å²) in [5, 5.41) is 0. The van der Waals surface area contributed by atoms with Crippen LogP contribution in [0.4, 0.5) is 0 Å². The lowest BCUT2D eigenvalue weighted by molar-refractivity contribution is 0.321. The molecule has 1 saturated carbocycles. The zero-order valence-corrected chi connectivity index (χ0v) is 25.3. The molecule has 1 fully saturated rings. The average Bonchev–Trinajstić information content (AvgIpc) is 3.51. The summed E-state index contributed by atoms with van der Waals surface area (Å²) in [4.78, 5) is 0. The van der Waals surface area contributed by atoms with Crippen molar-refractivity contribution < 1.29 is 0 Å². The van der Waals surface area contributed by atoms with Crippen molar-refractivity contribution in [2.24, 2.45) is 17.8 Å². The van der Waals surface area contributed by atoms with Crippen molar-refractivity contribution in [1.29, 1.82) is 0 Å². The van der Waals surface area contributed by atoms with E-state index in [0.29, 0.717) is 23.7 Å². The molecule has 0 N–H and O–H groups in total. The van der Waals surface area contributed by atoms with E-state index in [1.54, 1.807) is 5.57 Å². The molecule has 0 amide bonds. The molecular weight excluding hydrogens is 480 g/mol. The Kier molecular flexibility index (Phi) is 8.18. The standard InChI is InChI=1S/C40H46/c1-9-13-26(5)38-28(7)21-35-24-34(29(8)39(35)40(38)37-15-12-11-14-31(37)10-2)23-30-16-17-33(22-30)36-19-18-32(25(3)4)20-27(36)6/h11-12,14-21,23,28,38-40H,3,5,8-10,13,22,24H2,1-2,4,6-7H3/b34-23-. The van der Waals surface area contributed by atoms with E-state index < -0.39 is 0 Å². The molecule has 4 unspecified atom stereocenters. The summed E-state index contributed by atoms with van der Waals surface area (Å²) in [7, 11) is 0. The molecule has 0 aliphatic heterocycles. The molecule has 0 nitrogen and oxygen atoms in total. The molecule has 0 bridgehead atoms. The Hall–Kier alpha value is -3.38. The van der Waals surface area contributed by atoms with Gasteiger partial charge < -0.3 is 0 Å². The molecule has 2 aromatic carbocycles. The number of benzene rings is 2. The highest BCUT2D eigenvalue weighted by Gasteiger charge is 2.45. The van der Waals surface area contributed by atoms with Crippen LogP contribution in [-0.2, 0) is 6.42 Å². The Balaban J connectivity index is 1.44. The van der Waals surface area contributed by atoms with Crippen LogP contribution < -0.4 is 0 Å². The average molecular weight is 527 g/mol. The predicted octanol–water partition coefficient (Wildman–Crippen LogP) is 11.1. The fourth-order valence-electron chi connectivity index (χ4n) is 7.61. The maximum Gasteiger partial charge on any atom is 0.0123 e. The Morgan fingerprint density at radius 2 is 1.80 bits per heavy atom. The van der Waals surface area contributed by atoms with Gasteiger partial charge in [0.15, 0.2) is 0 Å². The van der Waals surface area contributed by atoms with E-state index in [1.807, 2.05) is 0 Å². The van der Waals surface area contributed by atoms with Crippen LogP contribution in [0.15, 0.2) is 114 Å². The largest absolute Gasteiger partial charge is 0.0995 e. The molecule has 40 heavy (non-hydrogen) atoms. The predicted molar refractivity (Wildman–Crippen MR) is 175 cm³/mol. The van der Waals surface area contributed by atoms with Gasteiger partial charge in [-0.25, -0.2) is 0 Å². The van der Waals surface area contributed by atoms with Crippen LogP contribution in [-0.4, -0.2) is 0 Å². The topological polar surface area (TPSA) is 0 Å². The minimum atomic E-state index is 0.361. The van der Waals surface area contributed by atoms with Gasteiger partial charge in [-0.1, -0.05) is 130 Å². The van der Waals surface area contributed by atoms with Crippen LogP contribution in [0.5, 0.6) is 0 Å². The number of allylic oxidation sites excluding steroid dienone is 11. The molecule has 0 aromatic heterocycles. The first-order chi connectivity index (χ1) is 19.2. The zero-order valence-electron chi connectivity index (χ0n) is 25.3. The molecule has 0 heteroatoms. The van der Waals surface area contributed by atoms with Crippen molar-refractivity contribution in [2.45, 2.75) is 72.6 Å². The monoisotopic (exact) mass is 526 g/mol. The van der Waals surface area contributed by atoms with Gasteiger partial charge in [0.25, 0.3) is 0 Å². The van der Waals surface area contributed by atoms with E-state index in [-0.39, 0.29) is 0 Å². The van der Waals surface area contributed by atoms with Crippen molar-refractivity contribution in [3.05, 3.63) is 142 Å². The molecule has 0 saturated heterocycles. The summed E-state index contributed by atoms with van der Waals surface area (Å²) in [5.74, 6) is 1.70. The first-order valence-electron chi connectivity index (χ1n) is 15.3. The van der Waals surface area contributed by atoms with Gasteiger partial charge in [-0.05, 0) is 101 Å². The van der Waals surface area contributed by atoms with Crippen molar-refractivity contribution in [1.82, 2.24) is 0 Å². The summed E-state index contributed by atoms with van der Waals surface area (Å²) < 4.78 is 0. The lowest BCUT2D eigenvalue weighted by atomic mass is 9.61. The number of hydrogen-bond donors (Lipinski definition) is 0. The van der Waals surface area contributed by atoms with Gasteiger partial charge in [0.05, 0.1) is 0 Å². The maximum atomic E-state index is 4.78. The van der Waals surface area contributed by atoms with E-state index in [1.165, 1.54) is 55.7 Å². The quantitative estimate of drug-likeness (QED) is 0.300. The van der Waals surface area contributed by atoms with Gasteiger partial charge in [0.1, 0.15) is 0 Å². The molecule has 2 aromatic rings. The number of rotatable bonds is 8. The van der Waals surface area contributed by atoms with Crippen LogP contribution in [0, 0.1) is 24.7 Å². The molecular formula is C40H46. The van der Waals surface area contributed by atoms with Crippen LogP contribution in [0.25, 0.3) is 11.1 Å². The second-order valence-electron chi connectivity index (χ2n) is 12.4. The van der Waals surface area contributed by atoms with Crippen molar-refractivity contribution in [2.75, 3.05) is 0 Å². The second-order valence-corrected chi connectivity index (χ2v) is 12.4. The Morgan fingerprint density at radius 1 is 1.02 bits per heavy atom. The molecule has 0 radical (unpaired) electrons. The normalized spacial score (nSPS) is 25.0. The molecule has 0 heterocycles. The van der Waals surface area contributed by atoms with Gasteiger partial charge in [-0.15, -0.1) is 0 Å². The summed E-state index contributed by atoms with van der Waals surface area (Å²) in [6, 6.07) is 15.9. The molecule has 0 spiro atoms. The number of fused-ring (bicyclic) bond motifs is 1. The van der Waals surface area contributed by atoms with Crippen LogP contribution in [0.2, 0.25) is 0 Å². The van der Waals surface area contributed by atoms with Gasteiger partial charge in [-0.2, -0.15) is 0 Å². The lowest BCUT2D eigenvalue weighted by Crippen LogP contribution is -2.32. The molecule has 3 aliphatic rings. The van der Waals surface area contributed by atoms with Crippen molar-refractivity contribution >= 4 is 11.1 Å². The SMILES string of the molecule is C=C(C)c1ccc(C2=CC=C(/C=C3/CC4=CC(C)C(C(=C)CCC)C(c5ccccc5CC)C4C3=C)C2)c(C)c1. The summed E-state index contributed by atoms with van der Waals surface area (Å²) in [5.41, 5.74) is 16.5. The molecule has 3 aliphatic carbocycles. The fraction of sp³-hybridized carbons (Fsp3) is 0.350. The third kappa shape index (κ3) is 5.22. The lowest BCUT2D eigenvalue weighted by Gasteiger charge is -2.42. The van der Waals surface area contributed by atoms with E-state index in [4.69, 9.17) is 6.58 Å². The number of hydrogen-bond acceptors (Lipinski definition) is 0. The van der Waals surface area contributed by atoms with Gasteiger partial charge in [-0.3, -0.25) is 0 Å². The maximum absolute atomic E-state index is 4.78. The second kappa shape index (κ2) is 11.6. The van der Waals surface area contributed by atoms with Crippen LogP contribution in [0.3, 0.4) is 0 Å². The van der Waals surface area contributed by atoms with Crippen LogP contribution >= 0.6 is 0 Å². The Morgan fingerprint density at radius 3 is 2.50 bits per heavy atom.